The van der Waals surface area contributed by atoms with E-state index in [2.05, 4.69) is 52.5 Å². The van der Waals surface area contributed by atoms with Gasteiger partial charge < -0.3 is 15.3 Å². The molecule has 2 N–H and O–H groups in total. The Bertz CT molecular complexity index is 1240. The maximum Gasteiger partial charge on any atom is 0.490 e. The van der Waals surface area contributed by atoms with Crippen molar-refractivity contribution in [1.82, 2.24) is 9.80 Å². The average Bonchev–Trinajstić information content (AvgIpc) is 3.08. The maximum atomic E-state index is 12.5. The Hall–Kier alpha value is -3.40. The minimum atomic E-state index is -5.08. The summed E-state index contributed by atoms with van der Waals surface area (Å²) in [5.41, 5.74) is 4.93. The predicted molar refractivity (Wildman–Crippen MR) is 142 cm³/mol. The van der Waals surface area contributed by atoms with Crippen LogP contribution in [-0.4, -0.2) is 66.2 Å². The second kappa shape index (κ2) is 13.4. The molecule has 6 nitrogen and oxygen atoms in total. The van der Waals surface area contributed by atoms with E-state index in [4.69, 9.17) is 21.5 Å². The lowest BCUT2D eigenvalue weighted by Crippen LogP contribution is -2.28. The predicted octanol–water partition coefficient (Wildman–Crippen LogP) is 6.03. The van der Waals surface area contributed by atoms with Crippen LogP contribution in [0, 0.1) is 0 Å². The van der Waals surface area contributed by atoms with Crippen LogP contribution in [0.15, 0.2) is 72.8 Å². The van der Waals surface area contributed by atoms with Gasteiger partial charge in [-0.25, -0.2) is 4.79 Å². The largest absolute Gasteiger partial charge is 0.490 e. The monoisotopic (exact) mass is 547 g/mol. The molecule has 0 bridgehead atoms. The fourth-order valence-corrected chi connectivity index (χ4v) is 4.07. The third-order valence-corrected chi connectivity index (χ3v) is 6.20. The van der Waals surface area contributed by atoms with Gasteiger partial charge in [-0.2, -0.15) is 13.2 Å². The molecule has 1 aliphatic heterocycles. The average molecular weight is 548 g/mol. The molecule has 0 spiro atoms. The number of carbonyl (C=O) groups excluding carboxylic acids is 1. The van der Waals surface area contributed by atoms with Crippen LogP contribution < -0.4 is 5.32 Å². The Morgan fingerprint density at radius 2 is 1.55 bits per heavy atom. The molecular formula is C28H29ClF3N3O3. The van der Waals surface area contributed by atoms with Gasteiger partial charge in [0.2, 0.25) is 0 Å². The van der Waals surface area contributed by atoms with Crippen LogP contribution in [-0.2, 0) is 11.3 Å². The van der Waals surface area contributed by atoms with E-state index in [9.17, 15) is 18.0 Å². The topological polar surface area (TPSA) is 72.9 Å². The normalized spacial score (nSPS) is 14.7. The van der Waals surface area contributed by atoms with Gasteiger partial charge in [-0.05, 0) is 85.7 Å². The zero-order valence-electron chi connectivity index (χ0n) is 20.8. The van der Waals surface area contributed by atoms with Crippen LogP contribution in [0.1, 0.15) is 22.3 Å². The highest BCUT2D eigenvalue weighted by Gasteiger charge is 2.38. The van der Waals surface area contributed by atoms with E-state index in [-0.39, 0.29) is 5.91 Å². The van der Waals surface area contributed by atoms with Crippen LogP contribution in [0.4, 0.5) is 18.9 Å². The van der Waals surface area contributed by atoms with Crippen molar-refractivity contribution in [3.8, 4) is 11.1 Å². The Balaban J connectivity index is 0.000000505. The molecule has 38 heavy (non-hydrogen) atoms. The number of hydrogen-bond donors (Lipinski definition) is 2. The number of carboxylic acid groups (broad SMARTS) is 1. The fraction of sp³-hybridized carbons (Fsp3) is 0.286. The van der Waals surface area contributed by atoms with Gasteiger partial charge >= 0.3 is 12.1 Å². The van der Waals surface area contributed by atoms with Crippen LogP contribution >= 0.6 is 11.6 Å². The van der Waals surface area contributed by atoms with E-state index in [0.717, 1.165) is 43.0 Å². The highest BCUT2D eigenvalue weighted by atomic mass is 35.5. The first-order valence-corrected chi connectivity index (χ1v) is 12.4. The van der Waals surface area contributed by atoms with Crippen molar-refractivity contribution in [3.63, 3.8) is 0 Å². The molecule has 1 heterocycles. The Morgan fingerprint density at radius 1 is 0.921 bits per heavy atom. The number of halogens is 4. The Kier molecular flexibility index (Phi) is 10.3. The summed E-state index contributed by atoms with van der Waals surface area (Å²) in [5.74, 6) is -2.90. The number of benzene rings is 3. The summed E-state index contributed by atoms with van der Waals surface area (Å²) >= 11 is 5.92. The number of carboxylic acids is 1. The molecule has 0 atom stereocenters. The van der Waals surface area contributed by atoms with Gasteiger partial charge in [0.15, 0.2) is 0 Å². The number of rotatable bonds is 5. The molecule has 3 aromatic carbocycles. The highest BCUT2D eigenvalue weighted by Crippen LogP contribution is 2.25. The van der Waals surface area contributed by atoms with Crippen molar-refractivity contribution in [2.45, 2.75) is 19.1 Å². The Morgan fingerprint density at radius 3 is 2.21 bits per heavy atom. The first-order chi connectivity index (χ1) is 18.0. The third kappa shape index (κ3) is 9.16. The minimum absolute atomic E-state index is 0.145. The summed E-state index contributed by atoms with van der Waals surface area (Å²) in [4.78, 5) is 26.4. The SMILES string of the molecule is CN1CCCN(Cc2cccc(-c3cccc(NC(=O)c4ccc(Cl)cc4)c3)c2)CC1.O=C(O)C(F)(F)F. The molecule has 0 radical (unpaired) electrons. The lowest BCUT2D eigenvalue weighted by atomic mass is 10.0. The van der Waals surface area contributed by atoms with Crippen molar-refractivity contribution in [2.75, 3.05) is 38.5 Å². The van der Waals surface area contributed by atoms with E-state index in [0.29, 0.717) is 10.6 Å². The van der Waals surface area contributed by atoms with Crippen LogP contribution in [0.3, 0.4) is 0 Å². The van der Waals surface area contributed by atoms with E-state index in [1.54, 1.807) is 24.3 Å². The summed E-state index contributed by atoms with van der Waals surface area (Å²) in [6, 6.07) is 23.6. The van der Waals surface area contributed by atoms with Gasteiger partial charge in [-0.3, -0.25) is 9.69 Å². The van der Waals surface area contributed by atoms with E-state index in [1.807, 2.05) is 18.2 Å². The van der Waals surface area contributed by atoms with E-state index < -0.39 is 12.1 Å². The van der Waals surface area contributed by atoms with Crippen molar-refractivity contribution in [2.24, 2.45) is 0 Å². The lowest BCUT2D eigenvalue weighted by Gasteiger charge is -2.20. The molecule has 1 saturated heterocycles. The van der Waals surface area contributed by atoms with Gasteiger partial charge in [0.25, 0.3) is 5.91 Å². The van der Waals surface area contributed by atoms with Gasteiger partial charge in [-0.1, -0.05) is 41.9 Å². The van der Waals surface area contributed by atoms with Crippen LogP contribution in [0.2, 0.25) is 5.02 Å². The molecule has 0 saturated carbocycles. The molecule has 1 amide bonds. The van der Waals surface area contributed by atoms with E-state index >= 15 is 0 Å². The summed E-state index contributed by atoms with van der Waals surface area (Å²) < 4.78 is 31.7. The van der Waals surface area contributed by atoms with Crippen molar-refractivity contribution in [3.05, 3.63) is 88.9 Å². The molecule has 3 aromatic rings. The molecule has 0 unspecified atom stereocenters. The second-order valence-corrected chi connectivity index (χ2v) is 9.41. The van der Waals surface area contributed by atoms with Crippen molar-refractivity contribution >= 4 is 29.2 Å². The fourth-order valence-electron chi connectivity index (χ4n) is 3.95. The number of nitrogens with one attached hydrogen (secondary N) is 1. The number of alkyl halides is 3. The van der Waals surface area contributed by atoms with Crippen molar-refractivity contribution in [1.29, 1.82) is 0 Å². The number of aliphatic carboxylic acids is 1. The van der Waals surface area contributed by atoms with Crippen molar-refractivity contribution < 1.29 is 27.9 Å². The maximum absolute atomic E-state index is 12.5. The lowest BCUT2D eigenvalue weighted by molar-refractivity contribution is -0.192. The number of carbonyl (C=O) groups is 2. The Labute approximate surface area is 224 Å². The summed E-state index contributed by atoms with van der Waals surface area (Å²) in [7, 11) is 2.20. The van der Waals surface area contributed by atoms with E-state index in [1.165, 1.54) is 18.5 Å². The molecule has 0 aromatic heterocycles. The number of nitrogens with zero attached hydrogens (tertiary/aromatic N) is 2. The van der Waals surface area contributed by atoms with Gasteiger partial charge in [0.1, 0.15) is 0 Å². The molecule has 10 heteroatoms. The molecular weight excluding hydrogens is 519 g/mol. The minimum Gasteiger partial charge on any atom is -0.475 e. The zero-order valence-corrected chi connectivity index (χ0v) is 21.6. The summed E-state index contributed by atoms with van der Waals surface area (Å²) in [6.45, 7) is 5.50. The summed E-state index contributed by atoms with van der Waals surface area (Å²) in [6.07, 6.45) is -3.87. The highest BCUT2D eigenvalue weighted by molar-refractivity contribution is 6.30. The standard InChI is InChI=1S/C26H28ClN3O.C2HF3O2/c1-29-13-4-14-30(16-15-29)19-20-5-2-6-22(17-20)23-7-3-8-25(18-23)28-26(31)21-9-11-24(27)12-10-21;3-2(4,5)1(6)7/h2-3,5-12,17-18H,4,13-16,19H2,1H3,(H,28,31);(H,6,7). The quantitative estimate of drug-likeness (QED) is 0.408. The summed E-state index contributed by atoms with van der Waals surface area (Å²) in [5, 5.41) is 10.7. The van der Waals surface area contributed by atoms with Gasteiger partial charge in [-0.15, -0.1) is 0 Å². The number of amides is 1. The molecule has 202 valence electrons. The smallest absolute Gasteiger partial charge is 0.475 e. The number of likely N-dealkylation sites (N-methyl/N-ethyl adjacent to an activating group) is 1. The number of hydrogen-bond acceptors (Lipinski definition) is 4. The molecule has 0 aliphatic carbocycles. The molecule has 4 rings (SSSR count). The van der Waals surface area contributed by atoms with Crippen LogP contribution in [0.25, 0.3) is 11.1 Å². The van der Waals surface area contributed by atoms with Gasteiger partial charge in [0, 0.05) is 35.9 Å². The first-order valence-electron chi connectivity index (χ1n) is 12.0. The molecule has 1 fully saturated rings. The first kappa shape index (κ1) is 29.2. The van der Waals surface area contributed by atoms with Crippen LogP contribution in [0.5, 0.6) is 0 Å². The zero-order chi connectivity index (χ0) is 27.7. The number of anilines is 1. The third-order valence-electron chi connectivity index (χ3n) is 5.95. The molecule has 1 aliphatic rings. The second-order valence-electron chi connectivity index (χ2n) is 8.98. The van der Waals surface area contributed by atoms with Gasteiger partial charge in [0.05, 0.1) is 0 Å².